The summed E-state index contributed by atoms with van der Waals surface area (Å²) in [6.07, 6.45) is -4.28. The normalized spacial score (nSPS) is 11.5. The highest BCUT2D eigenvalue weighted by atomic mass is 32.2. The van der Waals surface area contributed by atoms with Crippen molar-refractivity contribution < 1.29 is 49.9 Å². The van der Waals surface area contributed by atoms with E-state index in [0.717, 1.165) is 11.8 Å². The molecule has 0 fully saturated rings. The summed E-state index contributed by atoms with van der Waals surface area (Å²) < 4.78 is 100. The predicted molar refractivity (Wildman–Crippen MR) is 165 cm³/mol. The van der Waals surface area contributed by atoms with Crippen molar-refractivity contribution in [3.05, 3.63) is 125 Å². The van der Waals surface area contributed by atoms with Crippen molar-refractivity contribution in [2.45, 2.75) is 18.0 Å². The number of thioether (sulfide) groups is 1. The third kappa shape index (κ3) is 8.94. The molecule has 3 N–H and O–H groups in total. The van der Waals surface area contributed by atoms with Crippen molar-refractivity contribution >= 4 is 46.9 Å². The Kier molecular flexibility index (Phi) is 11.5. The van der Waals surface area contributed by atoms with E-state index in [4.69, 9.17) is 4.74 Å². The Labute approximate surface area is 273 Å². The molecule has 3 amide bonds. The lowest BCUT2D eigenvalue weighted by molar-refractivity contribution is -0.143. The number of rotatable bonds is 11. The van der Waals surface area contributed by atoms with Crippen LogP contribution in [0.1, 0.15) is 28.4 Å². The van der Waals surface area contributed by atoms with Crippen LogP contribution in [0, 0.1) is 23.3 Å². The van der Waals surface area contributed by atoms with Gasteiger partial charge in [0.1, 0.15) is 22.7 Å². The second kappa shape index (κ2) is 15.5. The molecule has 0 aromatic heterocycles. The summed E-state index contributed by atoms with van der Waals surface area (Å²) in [6.45, 7) is 2.28. The van der Waals surface area contributed by atoms with Gasteiger partial charge in [0.25, 0.3) is 11.8 Å². The maximum absolute atomic E-state index is 14.2. The fourth-order valence-electron chi connectivity index (χ4n) is 4.11. The van der Waals surface area contributed by atoms with Crippen LogP contribution < -0.4 is 20.7 Å². The fourth-order valence-corrected chi connectivity index (χ4v) is 4.87. The minimum atomic E-state index is -5.73. The first kappa shape index (κ1) is 35.5. The van der Waals surface area contributed by atoms with Crippen molar-refractivity contribution in [2.75, 3.05) is 23.0 Å². The van der Waals surface area contributed by atoms with E-state index in [1.165, 1.54) is 30.3 Å². The lowest BCUT2D eigenvalue weighted by Gasteiger charge is -2.14. The van der Waals surface area contributed by atoms with Gasteiger partial charge in [-0.2, -0.15) is 13.2 Å². The average molecular weight is 692 g/mol. The molecule has 0 radical (unpaired) electrons. The number of alkyl halides is 3. The van der Waals surface area contributed by atoms with Gasteiger partial charge in [0.15, 0.2) is 23.3 Å². The van der Waals surface area contributed by atoms with Crippen molar-refractivity contribution in [3.63, 3.8) is 0 Å². The first-order chi connectivity index (χ1) is 22.8. The van der Waals surface area contributed by atoms with Gasteiger partial charge < -0.3 is 20.7 Å². The Morgan fingerprint density at radius 1 is 0.812 bits per heavy atom. The Morgan fingerprint density at radius 2 is 1.46 bits per heavy atom. The zero-order valence-corrected chi connectivity index (χ0v) is 25.5. The second-order valence-electron chi connectivity index (χ2n) is 9.70. The molecule has 0 aliphatic carbocycles. The highest BCUT2D eigenvalue weighted by Crippen LogP contribution is 2.38. The van der Waals surface area contributed by atoms with Crippen LogP contribution in [0.2, 0.25) is 0 Å². The maximum Gasteiger partial charge on any atom is 0.422 e. The van der Waals surface area contributed by atoms with Crippen LogP contribution in [-0.4, -0.2) is 30.1 Å². The molecule has 250 valence electrons. The maximum atomic E-state index is 14.2. The first-order valence-electron chi connectivity index (χ1n) is 13.9. The van der Waals surface area contributed by atoms with Gasteiger partial charge in [0.05, 0.1) is 12.4 Å². The predicted octanol–water partition coefficient (Wildman–Crippen LogP) is 7.80. The zero-order chi connectivity index (χ0) is 35.0. The second-order valence-corrected chi connectivity index (χ2v) is 10.8. The third-order valence-corrected chi connectivity index (χ3v) is 7.30. The summed E-state index contributed by atoms with van der Waals surface area (Å²) in [5.41, 5.74) is -3.53. The van der Waals surface area contributed by atoms with Crippen molar-refractivity contribution in [2.24, 2.45) is 0 Å². The number of ether oxygens (including phenoxy) is 1. The van der Waals surface area contributed by atoms with E-state index in [1.54, 1.807) is 59.9 Å². The lowest BCUT2D eigenvalue weighted by atomic mass is 10.1. The quantitative estimate of drug-likeness (QED) is 0.0646. The molecule has 0 spiro atoms. The summed E-state index contributed by atoms with van der Waals surface area (Å²) in [7, 11) is 0. The first-order valence-corrected chi connectivity index (χ1v) is 14.8. The van der Waals surface area contributed by atoms with Crippen LogP contribution in [0.4, 0.5) is 42.1 Å². The molecule has 7 nitrogen and oxygen atoms in total. The smallest absolute Gasteiger partial charge is 0.422 e. The number of anilines is 2. The van der Waals surface area contributed by atoms with E-state index in [2.05, 4.69) is 10.6 Å². The lowest BCUT2D eigenvalue weighted by Crippen LogP contribution is -2.30. The molecule has 0 unspecified atom stereocenters. The van der Waals surface area contributed by atoms with E-state index in [9.17, 15) is 45.1 Å². The molecule has 0 aliphatic heterocycles. The van der Waals surface area contributed by atoms with Crippen LogP contribution in [0.15, 0.2) is 89.5 Å². The molecule has 4 aromatic carbocycles. The molecule has 15 heteroatoms. The number of carbonyl (C=O) groups excluding carboxylic acids is 3. The molecule has 0 atom stereocenters. The molecule has 4 aromatic rings. The molecule has 0 saturated heterocycles. The Hall–Kier alpha value is -5.31. The van der Waals surface area contributed by atoms with Crippen LogP contribution in [-0.2, 0) is 15.8 Å². The topological polar surface area (TPSA) is 96.5 Å². The van der Waals surface area contributed by atoms with Crippen LogP contribution in [0.3, 0.4) is 0 Å². The summed E-state index contributed by atoms with van der Waals surface area (Å²) in [5.74, 6) is -12.7. The molecular weight excluding hydrogens is 667 g/mol. The van der Waals surface area contributed by atoms with Crippen molar-refractivity contribution in [3.8, 4) is 5.75 Å². The number of amides is 3. The Bertz CT molecular complexity index is 1820. The van der Waals surface area contributed by atoms with Gasteiger partial charge in [0.2, 0.25) is 5.91 Å². The van der Waals surface area contributed by atoms with Gasteiger partial charge >= 0.3 is 6.18 Å². The van der Waals surface area contributed by atoms with Gasteiger partial charge in [-0.25, -0.2) is 17.6 Å². The number of hydrogen-bond acceptors (Lipinski definition) is 5. The molecule has 4 rings (SSSR count). The van der Waals surface area contributed by atoms with E-state index < -0.39 is 64.2 Å². The highest BCUT2D eigenvalue weighted by molar-refractivity contribution is 8.00. The third-order valence-electron chi connectivity index (χ3n) is 6.30. The van der Waals surface area contributed by atoms with E-state index in [1.807, 2.05) is 6.92 Å². The minimum Gasteiger partial charge on any atom is -0.494 e. The number of halogens is 7. The van der Waals surface area contributed by atoms with Crippen LogP contribution in [0.25, 0.3) is 6.08 Å². The Morgan fingerprint density at radius 3 is 2.06 bits per heavy atom. The molecule has 0 bridgehead atoms. The van der Waals surface area contributed by atoms with Gasteiger partial charge in [-0.05, 0) is 61.0 Å². The summed E-state index contributed by atoms with van der Waals surface area (Å²) in [6, 6.07) is 20.8. The number of nitrogens with one attached hydrogen (secondary N) is 3. The van der Waals surface area contributed by atoms with Crippen LogP contribution >= 0.6 is 11.8 Å². The van der Waals surface area contributed by atoms with Gasteiger partial charge in [0, 0.05) is 16.1 Å². The van der Waals surface area contributed by atoms with Crippen molar-refractivity contribution in [1.82, 2.24) is 5.32 Å². The number of carbonyl (C=O) groups is 3. The average Bonchev–Trinajstić information content (AvgIpc) is 3.05. The molecule has 0 saturated carbocycles. The minimum absolute atomic E-state index is 0.120. The largest absolute Gasteiger partial charge is 0.494 e. The van der Waals surface area contributed by atoms with E-state index in [0.29, 0.717) is 28.4 Å². The Balaban J connectivity index is 1.48. The molecular formula is C33H24F7N3O4S. The number of benzene rings is 4. The summed E-state index contributed by atoms with van der Waals surface area (Å²) >= 11 is 0.769. The van der Waals surface area contributed by atoms with E-state index in [-0.39, 0.29) is 11.4 Å². The zero-order valence-electron chi connectivity index (χ0n) is 24.7. The fraction of sp³-hybridized carbons (Fsp3) is 0.121. The highest BCUT2D eigenvalue weighted by Gasteiger charge is 2.42. The SMILES string of the molecule is CCOc1ccc(/C=C(/NC(=O)c2ccccc2)C(=O)Nc2cccc(SCC(=O)Nc3c(F)c(F)c(C(F)(F)F)c(F)c3F)c2)cc1. The van der Waals surface area contributed by atoms with Gasteiger partial charge in [-0.3, -0.25) is 14.4 Å². The summed E-state index contributed by atoms with van der Waals surface area (Å²) in [4.78, 5) is 38.9. The molecule has 48 heavy (non-hydrogen) atoms. The van der Waals surface area contributed by atoms with E-state index >= 15 is 0 Å². The van der Waals surface area contributed by atoms with Gasteiger partial charge in [-0.15, -0.1) is 11.8 Å². The van der Waals surface area contributed by atoms with Crippen molar-refractivity contribution in [1.29, 1.82) is 0 Å². The van der Waals surface area contributed by atoms with Crippen LogP contribution in [0.5, 0.6) is 5.75 Å². The standard InChI is InChI=1S/C33H24F7N3O4S/c1-2-47-21-13-11-18(12-14-21)15-23(42-31(45)19-7-4-3-5-8-19)32(46)41-20-9-6-10-22(16-20)48-17-24(44)43-30-28(36)26(34)25(33(38,39)40)27(35)29(30)37/h3-16H,2,17H2,1H3,(H,41,46)(H,42,45)(H,43,44)/b23-15+. The monoisotopic (exact) mass is 691 g/mol. The molecule has 0 heterocycles. The number of hydrogen-bond donors (Lipinski definition) is 3. The molecule has 0 aliphatic rings. The summed E-state index contributed by atoms with van der Waals surface area (Å²) in [5, 5.41) is 6.77. The van der Waals surface area contributed by atoms with Gasteiger partial charge in [-0.1, -0.05) is 36.4 Å².